The predicted molar refractivity (Wildman–Crippen MR) is 75.6 cm³/mol. The topological polar surface area (TPSA) is 47.0 Å². The molecule has 2 aliphatic heterocycles. The van der Waals surface area contributed by atoms with Crippen LogP contribution in [0.2, 0.25) is 0 Å². The molecule has 3 heterocycles. The molecule has 4 heteroatoms. The molecule has 4 nitrogen and oxygen atoms in total. The second-order valence-electron chi connectivity index (χ2n) is 5.59. The van der Waals surface area contributed by atoms with Gasteiger partial charge in [-0.2, -0.15) is 0 Å². The van der Waals surface area contributed by atoms with Gasteiger partial charge in [-0.3, -0.25) is 0 Å². The molecular weight excluding hydrogens is 238 g/mol. The van der Waals surface area contributed by atoms with E-state index in [1.54, 1.807) is 0 Å². The summed E-state index contributed by atoms with van der Waals surface area (Å²) < 4.78 is 5.94. The van der Waals surface area contributed by atoms with Gasteiger partial charge in [-0.05, 0) is 39.5 Å². The monoisotopic (exact) mass is 261 g/mol. The molecule has 3 rings (SSSR count). The number of fused-ring (bicyclic) bond motifs is 2. The minimum atomic E-state index is 0.353. The molecule has 1 aromatic heterocycles. The van der Waals surface area contributed by atoms with E-state index in [1.165, 1.54) is 18.4 Å². The Morgan fingerprint density at radius 1 is 1.26 bits per heavy atom. The summed E-state index contributed by atoms with van der Waals surface area (Å²) in [5.74, 6) is 2.41. The average molecular weight is 261 g/mol. The van der Waals surface area contributed by atoms with E-state index in [9.17, 15) is 0 Å². The first-order valence-corrected chi connectivity index (χ1v) is 7.49. The van der Waals surface area contributed by atoms with Gasteiger partial charge < -0.3 is 10.1 Å². The van der Waals surface area contributed by atoms with Crippen LogP contribution in [0.3, 0.4) is 0 Å². The lowest BCUT2D eigenvalue weighted by Gasteiger charge is -2.20. The van der Waals surface area contributed by atoms with Crippen LogP contribution in [0.25, 0.3) is 0 Å². The quantitative estimate of drug-likeness (QED) is 0.905. The van der Waals surface area contributed by atoms with Gasteiger partial charge in [0.2, 0.25) is 0 Å². The first kappa shape index (κ1) is 12.9. The standard InChI is InChI=1S/C15H23N3O/c1-4-11-9(3)17-15(18-14(11)16-5-2)12-8-10-6-7-13(12)19-10/h10,12-13H,4-8H2,1-3H3,(H,16,17,18). The van der Waals surface area contributed by atoms with Gasteiger partial charge in [0, 0.05) is 23.7 Å². The number of aryl methyl sites for hydroxylation is 1. The van der Waals surface area contributed by atoms with Crippen LogP contribution in [-0.4, -0.2) is 28.7 Å². The van der Waals surface area contributed by atoms with Gasteiger partial charge in [0.05, 0.1) is 12.2 Å². The zero-order chi connectivity index (χ0) is 13.4. The van der Waals surface area contributed by atoms with Crippen molar-refractivity contribution in [2.24, 2.45) is 0 Å². The van der Waals surface area contributed by atoms with Gasteiger partial charge in [-0.1, -0.05) is 6.92 Å². The fraction of sp³-hybridized carbons (Fsp3) is 0.733. The SMILES string of the molecule is CCNc1nc(C2CC3CCC2O3)nc(C)c1CC. The second kappa shape index (κ2) is 5.08. The summed E-state index contributed by atoms with van der Waals surface area (Å²) in [7, 11) is 0. The van der Waals surface area contributed by atoms with E-state index in [-0.39, 0.29) is 0 Å². The van der Waals surface area contributed by atoms with Gasteiger partial charge in [0.25, 0.3) is 0 Å². The molecule has 104 valence electrons. The summed E-state index contributed by atoms with van der Waals surface area (Å²) in [6.45, 7) is 7.26. The molecule has 0 aromatic carbocycles. The summed E-state index contributed by atoms with van der Waals surface area (Å²) in [6, 6.07) is 0. The van der Waals surface area contributed by atoms with Crippen molar-refractivity contribution in [2.75, 3.05) is 11.9 Å². The molecule has 2 aliphatic rings. The lowest BCUT2D eigenvalue weighted by atomic mass is 9.88. The van der Waals surface area contributed by atoms with Crippen molar-refractivity contribution in [1.82, 2.24) is 9.97 Å². The van der Waals surface area contributed by atoms with Crippen LogP contribution >= 0.6 is 0 Å². The smallest absolute Gasteiger partial charge is 0.136 e. The van der Waals surface area contributed by atoms with Crippen molar-refractivity contribution in [3.8, 4) is 0 Å². The molecule has 0 radical (unpaired) electrons. The van der Waals surface area contributed by atoms with Crippen molar-refractivity contribution in [3.05, 3.63) is 17.1 Å². The average Bonchev–Trinajstić information content (AvgIpc) is 3.01. The molecule has 1 aromatic rings. The first-order valence-electron chi connectivity index (χ1n) is 7.49. The summed E-state index contributed by atoms with van der Waals surface area (Å²) in [6.07, 6.45) is 5.26. The molecule has 2 saturated heterocycles. The number of hydrogen-bond acceptors (Lipinski definition) is 4. The highest BCUT2D eigenvalue weighted by molar-refractivity contribution is 5.46. The molecule has 0 spiro atoms. The third kappa shape index (κ3) is 2.22. The molecule has 2 bridgehead atoms. The first-order chi connectivity index (χ1) is 9.22. The molecule has 2 fully saturated rings. The number of nitrogens with one attached hydrogen (secondary N) is 1. The second-order valence-corrected chi connectivity index (χ2v) is 5.59. The van der Waals surface area contributed by atoms with Crippen LogP contribution in [0.15, 0.2) is 0 Å². The van der Waals surface area contributed by atoms with Crippen molar-refractivity contribution in [1.29, 1.82) is 0 Å². The molecule has 19 heavy (non-hydrogen) atoms. The van der Waals surface area contributed by atoms with E-state index in [0.717, 1.165) is 36.7 Å². The normalized spacial score (nSPS) is 28.9. The van der Waals surface area contributed by atoms with Crippen molar-refractivity contribution < 1.29 is 4.74 Å². The number of hydrogen-bond donors (Lipinski definition) is 1. The van der Waals surface area contributed by atoms with Crippen LogP contribution in [0.5, 0.6) is 0 Å². The molecule has 3 unspecified atom stereocenters. The Morgan fingerprint density at radius 3 is 2.68 bits per heavy atom. The van der Waals surface area contributed by atoms with E-state index in [4.69, 9.17) is 14.7 Å². The number of rotatable bonds is 4. The van der Waals surface area contributed by atoms with Gasteiger partial charge in [-0.15, -0.1) is 0 Å². The van der Waals surface area contributed by atoms with E-state index in [1.807, 2.05) is 0 Å². The molecule has 0 saturated carbocycles. The number of nitrogens with zero attached hydrogens (tertiary/aromatic N) is 2. The third-order valence-electron chi connectivity index (χ3n) is 4.37. The van der Waals surface area contributed by atoms with Crippen LogP contribution in [0.4, 0.5) is 5.82 Å². The molecular formula is C15H23N3O. The predicted octanol–water partition coefficient (Wildman–Crippen LogP) is 2.81. The van der Waals surface area contributed by atoms with E-state index < -0.39 is 0 Å². The zero-order valence-electron chi connectivity index (χ0n) is 12.1. The van der Waals surface area contributed by atoms with E-state index in [2.05, 4.69) is 26.1 Å². The molecule has 0 aliphatic carbocycles. The Hall–Kier alpha value is -1.16. The van der Waals surface area contributed by atoms with E-state index >= 15 is 0 Å². The highest BCUT2D eigenvalue weighted by Gasteiger charge is 2.43. The molecule has 3 atom stereocenters. The third-order valence-corrected chi connectivity index (χ3v) is 4.37. The van der Waals surface area contributed by atoms with Crippen LogP contribution < -0.4 is 5.32 Å². The lowest BCUT2D eigenvalue weighted by Crippen LogP contribution is -2.19. The largest absolute Gasteiger partial charge is 0.374 e. The van der Waals surface area contributed by atoms with Crippen LogP contribution in [-0.2, 0) is 11.2 Å². The number of ether oxygens (including phenoxy) is 1. The maximum Gasteiger partial charge on any atom is 0.136 e. The van der Waals surface area contributed by atoms with Gasteiger partial charge in [0.1, 0.15) is 11.6 Å². The highest BCUT2D eigenvalue weighted by Crippen LogP contribution is 2.43. The summed E-state index contributed by atoms with van der Waals surface area (Å²) >= 11 is 0. The Morgan fingerprint density at radius 2 is 2.11 bits per heavy atom. The maximum atomic E-state index is 5.94. The summed E-state index contributed by atoms with van der Waals surface area (Å²) in [5, 5.41) is 3.38. The minimum absolute atomic E-state index is 0.353. The summed E-state index contributed by atoms with van der Waals surface area (Å²) in [5.41, 5.74) is 2.36. The Bertz CT molecular complexity index is 475. The molecule has 1 N–H and O–H groups in total. The van der Waals surface area contributed by atoms with E-state index in [0.29, 0.717) is 18.1 Å². The highest BCUT2D eigenvalue weighted by atomic mass is 16.5. The fourth-order valence-corrected chi connectivity index (χ4v) is 3.43. The summed E-state index contributed by atoms with van der Waals surface area (Å²) in [4.78, 5) is 9.55. The van der Waals surface area contributed by atoms with Crippen LogP contribution in [0, 0.1) is 6.92 Å². The van der Waals surface area contributed by atoms with Crippen LogP contribution in [0.1, 0.15) is 56.1 Å². The van der Waals surface area contributed by atoms with Crippen molar-refractivity contribution >= 4 is 5.82 Å². The number of anilines is 1. The molecule has 0 amide bonds. The Balaban J connectivity index is 1.93. The van der Waals surface area contributed by atoms with Gasteiger partial charge >= 0.3 is 0 Å². The fourth-order valence-electron chi connectivity index (χ4n) is 3.43. The number of aromatic nitrogens is 2. The van der Waals surface area contributed by atoms with Gasteiger partial charge in [0.15, 0.2) is 0 Å². The zero-order valence-corrected chi connectivity index (χ0v) is 12.1. The van der Waals surface area contributed by atoms with Gasteiger partial charge in [-0.25, -0.2) is 9.97 Å². The van der Waals surface area contributed by atoms with Crippen molar-refractivity contribution in [2.45, 2.75) is 64.6 Å². The minimum Gasteiger partial charge on any atom is -0.374 e. The Labute approximate surface area is 115 Å². The Kier molecular flexibility index (Phi) is 3.44. The lowest BCUT2D eigenvalue weighted by molar-refractivity contribution is 0.0998. The van der Waals surface area contributed by atoms with Crippen molar-refractivity contribution in [3.63, 3.8) is 0 Å². The maximum absolute atomic E-state index is 5.94.